The number of ether oxygens (including phenoxy) is 1. The maximum Gasteiger partial charge on any atom is 0.254 e. The van der Waals surface area contributed by atoms with Crippen LogP contribution in [-0.4, -0.2) is 58.0 Å². The fraction of sp³-hybridized carbons (Fsp3) is 0.333. The van der Waals surface area contributed by atoms with E-state index in [9.17, 15) is 18.0 Å². The number of nitrogens with one attached hydrogen (secondary N) is 2. The first-order valence-corrected chi connectivity index (χ1v) is 11.6. The Labute approximate surface area is 186 Å². The SMILES string of the molecule is CN(CC(=O)Nc1ccc(Cl)cc1)C(=O)c1cccc(S(=O)(=O)NC[C@H]2CCCO2)c1. The third-order valence-electron chi connectivity index (χ3n) is 4.77. The number of carbonyl (C=O) groups is 2. The van der Waals surface area contributed by atoms with Gasteiger partial charge in [0.25, 0.3) is 5.91 Å². The number of likely N-dealkylation sites (N-methyl/N-ethyl adjacent to an activating group) is 1. The lowest BCUT2D eigenvalue weighted by Crippen LogP contribution is -2.35. The van der Waals surface area contributed by atoms with Crippen molar-refractivity contribution in [2.75, 3.05) is 32.1 Å². The second-order valence-electron chi connectivity index (χ2n) is 7.23. The number of amides is 2. The third kappa shape index (κ3) is 6.51. The Kier molecular flexibility index (Phi) is 7.66. The molecule has 2 N–H and O–H groups in total. The van der Waals surface area contributed by atoms with Crippen molar-refractivity contribution in [3.05, 3.63) is 59.1 Å². The molecule has 0 saturated carbocycles. The Morgan fingerprint density at radius 2 is 1.94 bits per heavy atom. The summed E-state index contributed by atoms with van der Waals surface area (Å²) >= 11 is 5.82. The van der Waals surface area contributed by atoms with Crippen LogP contribution in [0.25, 0.3) is 0 Å². The standard InChI is InChI=1S/C21H24ClN3O5S/c1-25(14-20(26)24-17-9-7-16(22)8-10-17)21(27)15-4-2-6-19(12-15)31(28,29)23-13-18-5-3-11-30-18/h2,4,6-10,12,18,23H,3,5,11,13-14H2,1H3,(H,24,26)/t18-/m1/s1. The Morgan fingerprint density at radius 1 is 1.19 bits per heavy atom. The van der Waals surface area contributed by atoms with Crippen LogP contribution in [0.2, 0.25) is 5.02 Å². The predicted octanol–water partition coefficient (Wildman–Crippen LogP) is 2.51. The van der Waals surface area contributed by atoms with Crippen LogP contribution >= 0.6 is 11.6 Å². The summed E-state index contributed by atoms with van der Waals surface area (Å²) in [5, 5.41) is 3.22. The number of nitrogens with zero attached hydrogens (tertiary/aromatic N) is 1. The van der Waals surface area contributed by atoms with E-state index in [-0.39, 0.29) is 35.6 Å². The van der Waals surface area contributed by atoms with Gasteiger partial charge in [-0.2, -0.15) is 0 Å². The quantitative estimate of drug-likeness (QED) is 0.623. The summed E-state index contributed by atoms with van der Waals surface area (Å²) in [6.45, 7) is 0.620. The van der Waals surface area contributed by atoms with Crippen molar-refractivity contribution in [1.29, 1.82) is 0 Å². The zero-order valence-electron chi connectivity index (χ0n) is 17.0. The van der Waals surface area contributed by atoms with Gasteiger partial charge in [0.2, 0.25) is 15.9 Å². The number of carbonyl (C=O) groups excluding carboxylic acids is 2. The van der Waals surface area contributed by atoms with Crippen LogP contribution < -0.4 is 10.0 Å². The van der Waals surface area contributed by atoms with Crippen molar-refractivity contribution in [1.82, 2.24) is 9.62 Å². The van der Waals surface area contributed by atoms with E-state index in [1.165, 1.54) is 36.2 Å². The molecule has 0 aromatic heterocycles. The molecule has 0 bridgehead atoms. The molecule has 8 nitrogen and oxygen atoms in total. The third-order valence-corrected chi connectivity index (χ3v) is 6.44. The van der Waals surface area contributed by atoms with Crippen LogP contribution in [0.15, 0.2) is 53.4 Å². The molecule has 166 valence electrons. The molecule has 10 heteroatoms. The van der Waals surface area contributed by atoms with E-state index < -0.39 is 15.9 Å². The smallest absolute Gasteiger partial charge is 0.254 e. The molecule has 0 unspecified atom stereocenters. The van der Waals surface area contributed by atoms with Crippen LogP contribution in [0.4, 0.5) is 5.69 Å². The minimum absolute atomic E-state index is 0.0182. The topological polar surface area (TPSA) is 105 Å². The molecule has 1 fully saturated rings. The van der Waals surface area contributed by atoms with Crippen LogP contribution in [0, 0.1) is 0 Å². The van der Waals surface area contributed by atoms with Gasteiger partial charge < -0.3 is 15.0 Å². The van der Waals surface area contributed by atoms with Crippen LogP contribution in [0.5, 0.6) is 0 Å². The predicted molar refractivity (Wildman–Crippen MR) is 118 cm³/mol. The van der Waals surface area contributed by atoms with E-state index in [0.717, 1.165) is 12.8 Å². The number of benzene rings is 2. The average molecular weight is 466 g/mol. The molecule has 2 aromatic rings. The lowest BCUT2D eigenvalue weighted by molar-refractivity contribution is -0.116. The summed E-state index contributed by atoms with van der Waals surface area (Å²) in [5.41, 5.74) is 0.724. The highest BCUT2D eigenvalue weighted by atomic mass is 35.5. The number of rotatable bonds is 8. The lowest BCUT2D eigenvalue weighted by Gasteiger charge is -2.17. The van der Waals surface area contributed by atoms with Crippen molar-refractivity contribution < 1.29 is 22.7 Å². The number of hydrogen-bond acceptors (Lipinski definition) is 5. The minimum atomic E-state index is -3.79. The van der Waals surface area contributed by atoms with Gasteiger partial charge in [0, 0.05) is 36.5 Å². The molecule has 0 spiro atoms. The average Bonchev–Trinajstić information content (AvgIpc) is 3.27. The Hall–Kier alpha value is -2.46. The second kappa shape index (κ2) is 10.2. The van der Waals surface area contributed by atoms with Crippen molar-refractivity contribution in [2.24, 2.45) is 0 Å². The molecule has 1 aliphatic rings. The molecule has 2 aromatic carbocycles. The molecule has 1 aliphatic heterocycles. The maximum atomic E-state index is 12.7. The number of anilines is 1. The van der Waals surface area contributed by atoms with E-state index in [1.807, 2.05) is 0 Å². The van der Waals surface area contributed by atoms with E-state index in [1.54, 1.807) is 24.3 Å². The second-order valence-corrected chi connectivity index (χ2v) is 9.43. The summed E-state index contributed by atoms with van der Waals surface area (Å²) in [5.74, 6) is -0.859. The van der Waals surface area contributed by atoms with Gasteiger partial charge in [-0.15, -0.1) is 0 Å². The summed E-state index contributed by atoms with van der Waals surface area (Å²) < 4.78 is 33.1. The number of hydrogen-bond donors (Lipinski definition) is 2. The molecular formula is C21H24ClN3O5S. The zero-order chi connectivity index (χ0) is 22.4. The van der Waals surface area contributed by atoms with Gasteiger partial charge in [-0.25, -0.2) is 13.1 Å². The van der Waals surface area contributed by atoms with E-state index in [4.69, 9.17) is 16.3 Å². The van der Waals surface area contributed by atoms with Gasteiger partial charge in [0.05, 0.1) is 17.5 Å². The molecule has 31 heavy (non-hydrogen) atoms. The molecule has 0 aliphatic carbocycles. The minimum Gasteiger partial charge on any atom is -0.377 e. The number of halogens is 1. The first kappa shape index (κ1) is 23.2. The highest BCUT2D eigenvalue weighted by Crippen LogP contribution is 2.16. The van der Waals surface area contributed by atoms with Crippen LogP contribution in [0.3, 0.4) is 0 Å². The summed E-state index contributed by atoms with van der Waals surface area (Å²) in [4.78, 5) is 26.1. The first-order chi connectivity index (χ1) is 14.7. The van der Waals surface area contributed by atoms with Gasteiger partial charge in [0.15, 0.2) is 0 Å². The molecule has 2 amide bonds. The van der Waals surface area contributed by atoms with Gasteiger partial charge in [-0.1, -0.05) is 17.7 Å². The molecule has 1 atom stereocenters. The largest absolute Gasteiger partial charge is 0.377 e. The van der Waals surface area contributed by atoms with E-state index in [0.29, 0.717) is 17.3 Å². The van der Waals surface area contributed by atoms with E-state index in [2.05, 4.69) is 10.0 Å². The molecule has 1 saturated heterocycles. The fourth-order valence-corrected chi connectivity index (χ4v) is 4.37. The lowest BCUT2D eigenvalue weighted by atomic mass is 10.2. The summed E-state index contributed by atoms with van der Waals surface area (Å²) in [6, 6.07) is 12.3. The fourth-order valence-electron chi connectivity index (χ4n) is 3.13. The highest BCUT2D eigenvalue weighted by Gasteiger charge is 2.22. The monoisotopic (exact) mass is 465 g/mol. The van der Waals surface area contributed by atoms with Gasteiger partial charge in [-0.3, -0.25) is 9.59 Å². The van der Waals surface area contributed by atoms with Gasteiger partial charge in [-0.05, 0) is 55.3 Å². The van der Waals surface area contributed by atoms with Crippen molar-refractivity contribution in [3.63, 3.8) is 0 Å². The molecule has 3 rings (SSSR count). The Morgan fingerprint density at radius 3 is 2.61 bits per heavy atom. The van der Waals surface area contributed by atoms with Crippen LogP contribution in [-0.2, 0) is 19.6 Å². The van der Waals surface area contributed by atoms with Crippen molar-refractivity contribution in [2.45, 2.75) is 23.8 Å². The highest BCUT2D eigenvalue weighted by molar-refractivity contribution is 7.89. The number of sulfonamides is 1. The van der Waals surface area contributed by atoms with Crippen molar-refractivity contribution in [3.8, 4) is 0 Å². The van der Waals surface area contributed by atoms with Gasteiger partial charge in [0.1, 0.15) is 0 Å². The summed E-state index contributed by atoms with van der Waals surface area (Å²) in [7, 11) is -2.31. The van der Waals surface area contributed by atoms with Crippen LogP contribution in [0.1, 0.15) is 23.2 Å². The first-order valence-electron chi connectivity index (χ1n) is 9.77. The Bertz CT molecular complexity index is 1040. The molecular weight excluding hydrogens is 442 g/mol. The normalized spacial score (nSPS) is 16.1. The van der Waals surface area contributed by atoms with Gasteiger partial charge >= 0.3 is 0 Å². The van der Waals surface area contributed by atoms with E-state index >= 15 is 0 Å². The van der Waals surface area contributed by atoms with Crippen molar-refractivity contribution >= 4 is 39.1 Å². The molecule has 0 radical (unpaired) electrons. The molecule has 1 heterocycles. The maximum absolute atomic E-state index is 12.7. The zero-order valence-corrected chi connectivity index (χ0v) is 18.6. The Balaban J connectivity index is 1.61. The summed E-state index contributed by atoms with van der Waals surface area (Å²) in [6.07, 6.45) is 1.59.